The van der Waals surface area contributed by atoms with E-state index in [0.29, 0.717) is 13.2 Å². The second kappa shape index (κ2) is 4.61. The summed E-state index contributed by atoms with van der Waals surface area (Å²) in [6, 6.07) is 4.08. The lowest BCUT2D eigenvalue weighted by Crippen LogP contribution is -2.29. The highest BCUT2D eigenvalue weighted by Crippen LogP contribution is 2.36. The van der Waals surface area contributed by atoms with Gasteiger partial charge in [-0.05, 0) is 25.6 Å². The van der Waals surface area contributed by atoms with E-state index in [1.165, 1.54) is 11.3 Å². The highest BCUT2D eigenvalue weighted by Gasteiger charge is 2.15. The molecular weight excluding hydrogens is 204 g/mol. The summed E-state index contributed by atoms with van der Waals surface area (Å²) in [5.74, 6) is 1.69. The fraction of sp³-hybridized carbons (Fsp3) is 0.500. The van der Waals surface area contributed by atoms with Gasteiger partial charge >= 0.3 is 0 Å². The second-order valence-electron chi connectivity index (χ2n) is 3.99. The quantitative estimate of drug-likeness (QED) is 0.783. The van der Waals surface area contributed by atoms with Crippen LogP contribution in [-0.2, 0) is 0 Å². The third-order valence-corrected chi connectivity index (χ3v) is 2.67. The van der Waals surface area contributed by atoms with Crippen molar-refractivity contribution >= 4 is 5.69 Å². The standard InChI is InChI=1S/C12H18N2O2/c1-9-6-11-12(16-5-4-15-11)7-10(9)14(3)8-13-2/h6-7,13H,4-5,8H2,1-3H3. The molecule has 0 aromatic heterocycles. The lowest BCUT2D eigenvalue weighted by molar-refractivity contribution is 0.171. The summed E-state index contributed by atoms with van der Waals surface area (Å²) in [6.07, 6.45) is 0. The molecule has 0 spiro atoms. The van der Waals surface area contributed by atoms with Crippen LogP contribution in [0.1, 0.15) is 5.56 Å². The van der Waals surface area contributed by atoms with E-state index in [-0.39, 0.29) is 0 Å². The van der Waals surface area contributed by atoms with E-state index in [1.54, 1.807) is 0 Å². The summed E-state index contributed by atoms with van der Waals surface area (Å²) in [7, 11) is 3.98. The van der Waals surface area contributed by atoms with Gasteiger partial charge in [-0.2, -0.15) is 0 Å². The summed E-state index contributed by atoms with van der Waals surface area (Å²) in [5, 5.41) is 3.13. The molecule has 0 bridgehead atoms. The highest BCUT2D eigenvalue weighted by molar-refractivity contribution is 5.61. The van der Waals surface area contributed by atoms with Crippen LogP contribution in [0.2, 0.25) is 0 Å². The molecule has 1 aromatic rings. The molecule has 1 heterocycles. The van der Waals surface area contributed by atoms with Gasteiger partial charge in [-0.1, -0.05) is 0 Å². The Hall–Kier alpha value is -1.42. The zero-order chi connectivity index (χ0) is 11.5. The summed E-state index contributed by atoms with van der Waals surface area (Å²) in [6.45, 7) is 4.16. The van der Waals surface area contributed by atoms with Gasteiger partial charge in [-0.15, -0.1) is 0 Å². The van der Waals surface area contributed by atoms with Gasteiger partial charge in [0.25, 0.3) is 0 Å². The highest BCUT2D eigenvalue weighted by atomic mass is 16.6. The Labute approximate surface area is 96.2 Å². The normalized spacial score (nSPS) is 13.7. The van der Waals surface area contributed by atoms with Crippen molar-refractivity contribution < 1.29 is 9.47 Å². The third kappa shape index (κ3) is 2.07. The minimum absolute atomic E-state index is 0.630. The van der Waals surface area contributed by atoms with Crippen LogP contribution < -0.4 is 19.7 Å². The van der Waals surface area contributed by atoms with E-state index in [2.05, 4.69) is 24.2 Å². The molecule has 0 atom stereocenters. The lowest BCUT2D eigenvalue weighted by Gasteiger charge is -2.25. The van der Waals surface area contributed by atoms with Crippen molar-refractivity contribution in [2.45, 2.75) is 6.92 Å². The van der Waals surface area contributed by atoms with E-state index < -0.39 is 0 Å². The Morgan fingerprint density at radius 2 is 1.88 bits per heavy atom. The minimum atomic E-state index is 0.630. The van der Waals surface area contributed by atoms with Gasteiger partial charge in [0.2, 0.25) is 0 Å². The van der Waals surface area contributed by atoms with Gasteiger partial charge in [-0.3, -0.25) is 0 Å². The Morgan fingerprint density at radius 1 is 1.25 bits per heavy atom. The van der Waals surface area contributed by atoms with Crippen LogP contribution in [0.25, 0.3) is 0 Å². The predicted molar refractivity (Wildman–Crippen MR) is 64.5 cm³/mol. The summed E-state index contributed by atoms with van der Waals surface area (Å²) in [4.78, 5) is 2.15. The van der Waals surface area contributed by atoms with Crippen LogP contribution in [0, 0.1) is 6.92 Å². The summed E-state index contributed by atoms with van der Waals surface area (Å²) >= 11 is 0. The second-order valence-corrected chi connectivity index (χ2v) is 3.99. The largest absolute Gasteiger partial charge is 0.486 e. The van der Waals surface area contributed by atoms with Crippen LogP contribution in [0.4, 0.5) is 5.69 Å². The molecule has 4 nitrogen and oxygen atoms in total. The van der Waals surface area contributed by atoms with Crippen molar-refractivity contribution in [1.29, 1.82) is 0 Å². The zero-order valence-electron chi connectivity index (χ0n) is 10.0. The lowest BCUT2D eigenvalue weighted by atomic mass is 10.1. The smallest absolute Gasteiger partial charge is 0.163 e. The van der Waals surface area contributed by atoms with E-state index in [0.717, 1.165) is 18.2 Å². The van der Waals surface area contributed by atoms with Crippen molar-refractivity contribution in [2.75, 3.05) is 38.9 Å². The first-order chi connectivity index (χ1) is 7.72. The van der Waals surface area contributed by atoms with Crippen LogP contribution in [-0.4, -0.2) is 34.0 Å². The minimum Gasteiger partial charge on any atom is -0.486 e. The average molecular weight is 222 g/mol. The van der Waals surface area contributed by atoms with Gasteiger partial charge in [0.15, 0.2) is 11.5 Å². The molecule has 1 aromatic carbocycles. The number of nitrogens with zero attached hydrogens (tertiary/aromatic N) is 1. The number of rotatable bonds is 3. The Bertz CT molecular complexity index is 380. The Kier molecular flexibility index (Phi) is 3.19. The zero-order valence-corrected chi connectivity index (χ0v) is 10.0. The number of nitrogens with one attached hydrogen (secondary N) is 1. The number of benzene rings is 1. The van der Waals surface area contributed by atoms with Gasteiger partial charge in [0.05, 0.1) is 6.67 Å². The summed E-state index contributed by atoms with van der Waals surface area (Å²) in [5.41, 5.74) is 2.36. The number of hydrogen-bond donors (Lipinski definition) is 1. The van der Waals surface area contributed by atoms with Crippen molar-refractivity contribution in [3.63, 3.8) is 0 Å². The molecule has 0 fully saturated rings. The summed E-state index contributed by atoms with van der Waals surface area (Å²) < 4.78 is 11.1. The predicted octanol–water partition coefficient (Wildman–Crippen LogP) is 1.38. The first kappa shape index (κ1) is 11.1. The van der Waals surface area contributed by atoms with E-state index >= 15 is 0 Å². The first-order valence-corrected chi connectivity index (χ1v) is 5.48. The molecule has 0 aliphatic carbocycles. The number of anilines is 1. The van der Waals surface area contributed by atoms with Crippen LogP contribution in [0.15, 0.2) is 12.1 Å². The third-order valence-electron chi connectivity index (χ3n) is 2.67. The molecule has 0 unspecified atom stereocenters. The first-order valence-electron chi connectivity index (χ1n) is 5.48. The Morgan fingerprint density at radius 3 is 2.50 bits per heavy atom. The SMILES string of the molecule is CNCN(C)c1cc2c(cc1C)OCCO2. The molecule has 16 heavy (non-hydrogen) atoms. The van der Waals surface area contributed by atoms with E-state index in [9.17, 15) is 0 Å². The molecule has 4 heteroatoms. The number of hydrogen-bond acceptors (Lipinski definition) is 4. The molecule has 88 valence electrons. The van der Waals surface area contributed by atoms with Crippen LogP contribution in [0.5, 0.6) is 11.5 Å². The molecular formula is C12H18N2O2. The molecule has 0 saturated heterocycles. The molecule has 0 saturated carbocycles. The fourth-order valence-electron chi connectivity index (χ4n) is 1.91. The van der Waals surface area contributed by atoms with Crippen molar-refractivity contribution in [1.82, 2.24) is 5.32 Å². The van der Waals surface area contributed by atoms with Crippen molar-refractivity contribution in [3.8, 4) is 11.5 Å². The van der Waals surface area contributed by atoms with Crippen molar-refractivity contribution in [3.05, 3.63) is 17.7 Å². The van der Waals surface area contributed by atoms with Crippen molar-refractivity contribution in [2.24, 2.45) is 0 Å². The fourth-order valence-corrected chi connectivity index (χ4v) is 1.91. The molecule has 1 aliphatic rings. The van der Waals surface area contributed by atoms with E-state index in [1.807, 2.05) is 19.2 Å². The molecule has 0 radical (unpaired) electrons. The monoisotopic (exact) mass is 222 g/mol. The maximum absolute atomic E-state index is 5.58. The molecule has 0 amide bonds. The topological polar surface area (TPSA) is 33.7 Å². The van der Waals surface area contributed by atoms with Crippen LogP contribution >= 0.6 is 0 Å². The molecule has 1 N–H and O–H groups in total. The van der Waals surface area contributed by atoms with Gasteiger partial charge in [0.1, 0.15) is 13.2 Å². The van der Waals surface area contributed by atoms with Gasteiger partial charge in [-0.25, -0.2) is 0 Å². The average Bonchev–Trinajstić information content (AvgIpc) is 2.28. The molecule has 1 aliphatic heterocycles. The Balaban J connectivity index is 2.31. The maximum atomic E-state index is 5.58. The van der Waals surface area contributed by atoms with Gasteiger partial charge in [0, 0.05) is 18.8 Å². The number of ether oxygens (including phenoxy) is 2. The maximum Gasteiger partial charge on any atom is 0.163 e. The van der Waals surface area contributed by atoms with Crippen LogP contribution in [0.3, 0.4) is 0 Å². The molecule has 2 rings (SSSR count). The van der Waals surface area contributed by atoms with Gasteiger partial charge < -0.3 is 19.7 Å². The number of aryl methyl sites for hydroxylation is 1. The number of fused-ring (bicyclic) bond motifs is 1. The van der Waals surface area contributed by atoms with E-state index in [4.69, 9.17) is 9.47 Å².